The van der Waals surface area contributed by atoms with Gasteiger partial charge >= 0.3 is 0 Å². The predicted molar refractivity (Wildman–Crippen MR) is 83.3 cm³/mol. The van der Waals surface area contributed by atoms with Crippen LogP contribution in [0, 0.1) is 11.7 Å². The number of H-pyrrole nitrogens is 1. The molecule has 1 amide bonds. The van der Waals surface area contributed by atoms with Gasteiger partial charge in [-0.3, -0.25) is 9.52 Å². The van der Waals surface area contributed by atoms with Crippen LogP contribution in [0.25, 0.3) is 10.9 Å². The molecule has 0 saturated carbocycles. The molecule has 0 spiro atoms. The first-order chi connectivity index (χ1) is 10.3. The Balaban J connectivity index is 2.09. The van der Waals surface area contributed by atoms with Gasteiger partial charge < -0.3 is 4.98 Å². The number of nitrogens with one attached hydrogen (secondary N) is 2. The number of aromatic nitrogens is 1. The molecule has 120 valence electrons. The Morgan fingerprint density at radius 3 is 2.82 bits per heavy atom. The smallest absolute Gasteiger partial charge is 0.237 e. The van der Waals surface area contributed by atoms with Gasteiger partial charge in [-0.25, -0.2) is 12.8 Å². The number of sulfonamides is 1. The molecule has 7 heteroatoms. The average molecular weight is 326 g/mol. The molecule has 0 aliphatic rings. The molecule has 22 heavy (non-hydrogen) atoms. The van der Waals surface area contributed by atoms with E-state index in [-0.39, 0.29) is 18.1 Å². The normalized spacial score (nSPS) is 13.2. The van der Waals surface area contributed by atoms with Gasteiger partial charge in [0, 0.05) is 17.1 Å². The van der Waals surface area contributed by atoms with E-state index in [9.17, 15) is 17.6 Å². The number of carbonyl (C=O) groups is 1. The van der Waals surface area contributed by atoms with Gasteiger partial charge in [0.25, 0.3) is 0 Å². The second-order valence-corrected chi connectivity index (χ2v) is 7.27. The molecule has 0 fully saturated rings. The van der Waals surface area contributed by atoms with Crippen molar-refractivity contribution in [3.05, 3.63) is 35.8 Å². The first-order valence-corrected chi connectivity index (χ1v) is 8.74. The highest BCUT2D eigenvalue weighted by molar-refractivity contribution is 7.90. The highest BCUT2D eigenvalue weighted by Gasteiger charge is 2.18. The molecule has 1 aromatic carbocycles. The number of hydrogen-bond donors (Lipinski definition) is 2. The van der Waals surface area contributed by atoms with Gasteiger partial charge in [-0.1, -0.05) is 20.3 Å². The van der Waals surface area contributed by atoms with Crippen molar-refractivity contribution in [1.82, 2.24) is 9.71 Å². The van der Waals surface area contributed by atoms with Crippen LogP contribution in [0.3, 0.4) is 0 Å². The molecule has 0 saturated heterocycles. The van der Waals surface area contributed by atoms with Crippen LogP contribution in [0.15, 0.2) is 24.4 Å². The molecule has 2 N–H and O–H groups in total. The van der Waals surface area contributed by atoms with Crippen molar-refractivity contribution in [2.75, 3.05) is 5.75 Å². The highest BCUT2D eigenvalue weighted by atomic mass is 32.2. The van der Waals surface area contributed by atoms with Crippen molar-refractivity contribution in [3.63, 3.8) is 0 Å². The van der Waals surface area contributed by atoms with E-state index in [2.05, 4.69) is 9.71 Å². The van der Waals surface area contributed by atoms with Gasteiger partial charge in [0.1, 0.15) is 5.82 Å². The Labute approximate surface area is 129 Å². The summed E-state index contributed by atoms with van der Waals surface area (Å²) in [4.78, 5) is 14.9. The monoisotopic (exact) mass is 326 g/mol. The fourth-order valence-electron chi connectivity index (χ4n) is 2.21. The largest absolute Gasteiger partial charge is 0.361 e. The molecule has 1 unspecified atom stereocenters. The summed E-state index contributed by atoms with van der Waals surface area (Å²) < 4.78 is 39.1. The van der Waals surface area contributed by atoms with E-state index >= 15 is 0 Å². The molecule has 2 rings (SSSR count). The maximum Gasteiger partial charge on any atom is 0.237 e. The summed E-state index contributed by atoms with van der Waals surface area (Å²) in [7, 11) is -3.64. The quantitative estimate of drug-likeness (QED) is 0.855. The van der Waals surface area contributed by atoms with Crippen molar-refractivity contribution < 1.29 is 17.6 Å². The van der Waals surface area contributed by atoms with E-state index in [1.54, 1.807) is 12.3 Å². The lowest BCUT2D eigenvalue weighted by molar-refractivity contribution is -0.118. The van der Waals surface area contributed by atoms with Crippen LogP contribution in [0.5, 0.6) is 0 Å². The SMILES string of the molecule is CCC(C)CS(=O)(=O)NC(=O)Cc1c[nH]c2ccc(F)cc12. The zero-order chi connectivity index (χ0) is 16.3. The van der Waals surface area contributed by atoms with Gasteiger partial charge in [-0.2, -0.15) is 0 Å². The van der Waals surface area contributed by atoms with Crippen molar-refractivity contribution >= 4 is 26.8 Å². The Morgan fingerprint density at radius 1 is 1.41 bits per heavy atom. The topological polar surface area (TPSA) is 79.0 Å². The number of carbonyl (C=O) groups excluding carboxylic acids is 1. The number of rotatable bonds is 6. The number of amides is 1. The van der Waals surface area contributed by atoms with Gasteiger partial charge in [0.05, 0.1) is 12.2 Å². The minimum Gasteiger partial charge on any atom is -0.361 e. The molecule has 1 heterocycles. The van der Waals surface area contributed by atoms with Crippen LogP contribution in [0.2, 0.25) is 0 Å². The molecule has 0 radical (unpaired) electrons. The fourth-order valence-corrected chi connectivity index (χ4v) is 3.70. The number of halogens is 1. The van der Waals surface area contributed by atoms with Crippen LogP contribution in [0.1, 0.15) is 25.8 Å². The van der Waals surface area contributed by atoms with Crippen molar-refractivity contribution in [2.24, 2.45) is 5.92 Å². The van der Waals surface area contributed by atoms with E-state index in [0.717, 1.165) is 6.42 Å². The minimum atomic E-state index is -3.64. The molecule has 2 aromatic rings. The van der Waals surface area contributed by atoms with Crippen LogP contribution in [-0.4, -0.2) is 25.1 Å². The van der Waals surface area contributed by atoms with Crippen molar-refractivity contribution in [3.8, 4) is 0 Å². The summed E-state index contributed by atoms with van der Waals surface area (Å²) >= 11 is 0. The lowest BCUT2D eigenvalue weighted by atomic mass is 10.1. The molecular weight excluding hydrogens is 307 g/mol. The Bertz CT molecular complexity index is 783. The van der Waals surface area contributed by atoms with Crippen LogP contribution < -0.4 is 4.72 Å². The zero-order valence-electron chi connectivity index (χ0n) is 12.5. The Morgan fingerprint density at radius 2 is 2.14 bits per heavy atom. The van der Waals surface area contributed by atoms with Gasteiger partial charge in [-0.15, -0.1) is 0 Å². The first kappa shape index (κ1) is 16.5. The number of hydrogen-bond acceptors (Lipinski definition) is 3. The number of aromatic amines is 1. The summed E-state index contributed by atoms with van der Waals surface area (Å²) in [6.45, 7) is 3.70. The van der Waals surface area contributed by atoms with Crippen LogP contribution in [0.4, 0.5) is 4.39 Å². The maximum atomic E-state index is 13.3. The summed E-state index contributed by atoms with van der Waals surface area (Å²) in [5.74, 6) is -1.13. The third-order valence-electron chi connectivity index (χ3n) is 3.55. The van der Waals surface area contributed by atoms with E-state index in [1.807, 2.05) is 13.8 Å². The predicted octanol–water partition coefficient (Wildman–Crippen LogP) is 2.34. The summed E-state index contributed by atoms with van der Waals surface area (Å²) in [5.41, 5.74) is 1.26. The fraction of sp³-hybridized carbons (Fsp3) is 0.400. The van der Waals surface area contributed by atoms with E-state index in [0.29, 0.717) is 16.5 Å². The molecule has 1 atom stereocenters. The molecule has 0 aliphatic carbocycles. The van der Waals surface area contributed by atoms with Gasteiger partial charge in [0.15, 0.2) is 0 Å². The third kappa shape index (κ3) is 4.07. The van der Waals surface area contributed by atoms with Crippen LogP contribution >= 0.6 is 0 Å². The lowest BCUT2D eigenvalue weighted by Crippen LogP contribution is -2.35. The second-order valence-electron chi connectivity index (χ2n) is 5.50. The summed E-state index contributed by atoms with van der Waals surface area (Å²) in [6.07, 6.45) is 2.19. The maximum absolute atomic E-state index is 13.3. The number of fused-ring (bicyclic) bond motifs is 1. The Kier molecular flexibility index (Phi) is 4.85. The summed E-state index contributed by atoms with van der Waals surface area (Å²) in [6, 6.07) is 4.22. The minimum absolute atomic E-state index is 0.0208. The van der Waals surface area contributed by atoms with Crippen molar-refractivity contribution in [1.29, 1.82) is 0 Å². The molecule has 0 aliphatic heterocycles. The van der Waals surface area contributed by atoms with E-state index in [4.69, 9.17) is 0 Å². The van der Waals surface area contributed by atoms with E-state index < -0.39 is 21.7 Å². The number of benzene rings is 1. The first-order valence-electron chi connectivity index (χ1n) is 7.09. The molecular formula is C15H19FN2O3S. The lowest BCUT2D eigenvalue weighted by Gasteiger charge is -2.10. The van der Waals surface area contributed by atoms with Crippen molar-refractivity contribution in [2.45, 2.75) is 26.7 Å². The molecule has 0 bridgehead atoms. The van der Waals surface area contributed by atoms with Gasteiger partial charge in [-0.05, 0) is 29.7 Å². The molecule has 1 aromatic heterocycles. The zero-order valence-corrected chi connectivity index (χ0v) is 13.3. The second kappa shape index (κ2) is 6.48. The van der Waals surface area contributed by atoms with Crippen LogP contribution in [-0.2, 0) is 21.2 Å². The van der Waals surface area contributed by atoms with E-state index in [1.165, 1.54) is 12.1 Å². The van der Waals surface area contributed by atoms with Gasteiger partial charge in [0.2, 0.25) is 15.9 Å². The third-order valence-corrected chi connectivity index (χ3v) is 5.10. The summed E-state index contributed by atoms with van der Waals surface area (Å²) in [5, 5.41) is 0.578. The highest BCUT2D eigenvalue weighted by Crippen LogP contribution is 2.19. The Hall–Kier alpha value is -1.89. The standard InChI is InChI=1S/C15H19FN2O3S/c1-3-10(2)9-22(20,21)18-15(19)6-11-8-17-14-5-4-12(16)7-13(11)14/h4-5,7-8,10,17H,3,6,9H2,1-2H3,(H,18,19). The average Bonchev–Trinajstić information content (AvgIpc) is 2.79. The molecule has 5 nitrogen and oxygen atoms in total.